The molecule has 0 aliphatic carbocycles. The second-order valence-electron chi connectivity index (χ2n) is 4.30. The van der Waals surface area contributed by atoms with Gasteiger partial charge >= 0.3 is 0 Å². The first-order chi connectivity index (χ1) is 8.74. The number of hydrogen-bond acceptors (Lipinski definition) is 4. The number of benzene rings is 1. The quantitative estimate of drug-likeness (QED) is 0.850. The van der Waals surface area contributed by atoms with Crippen LogP contribution in [0.1, 0.15) is 13.3 Å². The van der Waals surface area contributed by atoms with Crippen molar-refractivity contribution in [1.29, 1.82) is 0 Å². The van der Waals surface area contributed by atoms with Crippen LogP contribution < -0.4 is 10.1 Å². The van der Waals surface area contributed by atoms with Crippen molar-refractivity contribution in [2.45, 2.75) is 19.4 Å². The smallest absolute Gasteiger partial charge is 0.134 e. The first-order valence-corrected chi connectivity index (χ1v) is 6.04. The Morgan fingerprint density at radius 2 is 2.22 bits per heavy atom. The lowest BCUT2D eigenvalue weighted by atomic mass is 10.1. The zero-order valence-corrected chi connectivity index (χ0v) is 10.7. The summed E-state index contributed by atoms with van der Waals surface area (Å²) in [4.78, 5) is 4.35. The molecule has 0 fully saturated rings. The van der Waals surface area contributed by atoms with Crippen molar-refractivity contribution in [1.82, 2.24) is 4.98 Å². The number of ether oxygens (including phenoxy) is 1. The molecule has 0 saturated carbocycles. The number of fused-ring (bicyclic) bond motifs is 1. The molecule has 0 radical (unpaired) electrons. The minimum atomic E-state index is 0.173. The molecule has 1 heterocycles. The number of pyridine rings is 1. The number of hydrogen-bond donors (Lipinski definition) is 2. The molecule has 0 spiro atoms. The summed E-state index contributed by atoms with van der Waals surface area (Å²) in [6, 6.07) is 8.05. The van der Waals surface area contributed by atoms with Gasteiger partial charge in [-0.25, -0.2) is 4.98 Å². The zero-order valence-electron chi connectivity index (χ0n) is 10.7. The van der Waals surface area contributed by atoms with Crippen molar-refractivity contribution in [3.05, 3.63) is 30.5 Å². The third kappa shape index (κ3) is 2.71. The van der Waals surface area contributed by atoms with Gasteiger partial charge in [-0.1, -0.05) is 0 Å². The molecule has 96 valence electrons. The van der Waals surface area contributed by atoms with Gasteiger partial charge in [0, 0.05) is 24.2 Å². The molecule has 4 heteroatoms. The van der Waals surface area contributed by atoms with Crippen LogP contribution in [0.2, 0.25) is 0 Å². The van der Waals surface area contributed by atoms with Crippen LogP contribution in [0, 0.1) is 0 Å². The van der Waals surface area contributed by atoms with Gasteiger partial charge in [0.1, 0.15) is 11.6 Å². The fourth-order valence-corrected chi connectivity index (χ4v) is 1.90. The molecule has 0 amide bonds. The highest BCUT2D eigenvalue weighted by molar-refractivity contribution is 5.92. The van der Waals surface area contributed by atoms with Crippen LogP contribution in [0.3, 0.4) is 0 Å². The first-order valence-electron chi connectivity index (χ1n) is 6.04. The van der Waals surface area contributed by atoms with Crippen LogP contribution in [-0.4, -0.2) is 29.8 Å². The van der Waals surface area contributed by atoms with Gasteiger partial charge in [0.15, 0.2) is 0 Å². The van der Waals surface area contributed by atoms with Crippen molar-refractivity contribution in [2.24, 2.45) is 0 Å². The highest BCUT2D eigenvalue weighted by atomic mass is 16.5. The van der Waals surface area contributed by atoms with Crippen molar-refractivity contribution in [2.75, 3.05) is 19.0 Å². The summed E-state index contributed by atoms with van der Waals surface area (Å²) in [7, 11) is 1.66. The predicted molar refractivity (Wildman–Crippen MR) is 73.1 cm³/mol. The summed E-state index contributed by atoms with van der Waals surface area (Å²) in [5, 5.41) is 14.4. The first kappa shape index (κ1) is 12.6. The molecule has 2 aromatic rings. The SMILES string of the molecule is COc1ccc2c(NC(C)CCO)nccc2c1. The third-order valence-electron chi connectivity index (χ3n) is 2.92. The summed E-state index contributed by atoms with van der Waals surface area (Å²) in [5.74, 6) is 1.68. The summed E-state index contributed by atoms with van der Waals surface area (Å²) >= 11 is 0. The highest BCUT2D eigenvalue weighted by Gasteiger charge is 2.06. The van der Waals surface area contributed by atoms with Gasteiger partial charge < -0.3 is 15.2 Å². The lowest BCUT2D eigenvalue weighted by Gasteiger charge is -2.15. The van der Waals surface area contributed by atoms with E-state index in [2.05, 4.69) is 10.3 Å². The molecule has 18 heavy (non-hydrogen) atoms. The van der Waals surface area contributed by atoms with Gasteiger partial charge in [0.25, 0.3) is 0 Å². The maximum Gasteiger partial charge on any atom is 0.134 e. The monoisotopic (exact) mass is 246 g/mol. The number of methoxy groups -OCH3 is 1. The summed E-state index contributed by atoms with van der Waals surface area (Å²) in [6.45, 7) is 2.20. The van der Waals surface area contributed by atoms with Gasteiger partial charge in [-0.05, 0) is 43.0 Å². The van der Waals surface area contributed by atoms with Gasteiger partial charge in [-0.3, -0.25) is 0 Å². The molecule has 0 saturated heterocycles. The molecular formula is C14H18N2O2. The maximum absolute atomic E-state index is 8.92. The number of aromatic nitrogens is 1. The van der Waals surface area contributed by atoms with Crippen molar-refractivity contribution in [3.63, 3.8) is 0 Å². The van der Waals surface area contributed by atoms with E-state index < -0.39 is 0 Å². The average Bonchev–Trinajstić information content (AvgIpc) is 2.38. The largest absolute Gasteiger partial charge is 0.497 e. The van der Waals surface area contributed by atoms with Crippen molar-refractivity contribution in [3.8, 4) is 5.75 Å². The number of nitrogens with one attached hydrogen (secondary N) is 1. The van der Waals surface area contributed by atoms with E-state index in [1.54, 1.807) is 13.3 Å². The normalized spacial score (nSPS) is 12.4. The molecule has 2 rings (SSSR count). The maximum atomic E-state index is 8.92. The number of aliphatic hydroxyl groups excluding tert-OH is 1. The van der Waals surface area contributed by atoms with Crippen molar-refractivity contribution < 1.29 is 9.84 Å². The molecule has 1 aromatic heterocycles. The molecule has 0 aliphatic rings. The van der Waals surface area contributed by atoms with Crippen LogP contribution in [0.5, 0.6) is 5.75 Å². The number of rotatable bonds is 5. The summed E-state index contributed by atoms with van der Waals surface area (Å²) < 4.78 is 5.21. The van der Waals surface area contributed by atoms with E-state index in [1.807, 2.05) is 31.2 Å². The van der Waals surface area contributed by atoms with Crippen LogP contribution in [0.25, 0.3) is 10.8 Å². The molecule has 0 aliphatic heterocycles. The Bertz CT molecular complexity index is 528. The van der Waals surface area contributed by atoms with Crippen LogP contribution in [0.15, 0.2) is 30.5 Å². The molecule has 1 atom stereocenters. The van der Waals surface area contributed by atoms with E-state index in [1.165, 1.54) is 0 Å². The second kappa shape index (κ2) is 5.69. The predicted octanol–water partition coefficient (Wildman–Crippen LogP) is 2.43. The Morgan fingerprint density at radius 3 is 2.94 bits per heavy atom. The van der Waals surface area contributed by atoms with Crippen molar-refractivity contribution >= 4 is 16.6 Å². The average molecular weight is 246 g/mol. The van der Waals surface area contributed by atoms with Gasteiger partial charge in [-0.15, -0.1) is 0 Å². The van der Waals surface area contributed by atoms with E-state index in [4.69, 9.17) is 9.84 Å². The number of nitrogens with zero attached hydrogens (tertiary/aromatic N) is 1. The standard InChI is InChI=1S/C14H18N2O2/c1-10(6-8-17)16-14-13-4-3-12(18-2)9-11(13)5-7-15-14/h3-5,7,9-10,17H,6,8H2,1-2H3,(H,15,16). The Morgan fingerprint density at radius 1 is 1.39 bits per heavy atom. The molecule has 4 nitrogen and oxygen atoms in total. The van der Waals surface area contributed by atoms with E-state index in [0.717, 1.165) is 22.3 Å². The fraction of sp³-hybridized carbons (Fsp3) is 0.357. The van der Waals surface area contributed by atoms with E-state index in [-0.39, 0.29) is 12.6 Å². The molecule has 2 N–H and O–H groups in total. The van der Waals surface area contributed by atoms with Crippen LogP contribution in [0.4, 0.5) is 5.82 Å². The van der Waals surface area contributed by atoms with E-state index in [0.29, 0.717) is 6.42 Å². The summed E-state index contributed by atoms with van der Waals surface area (Å²) in [6.07, 6.45) is 2.48. The Hall–Kier alpha value is -1.81. The number of anilines is 1. The number of aliphatic hydroxyl groups is 1. The zero-order chi connectivity index (χ0) is 13.0. The Kier molecular flexibility index (Phi) is 3.99. The minimum Gasteiger partial charge on any atom is -0.497 e. The van der Waals surface area contributed by atoms with E-state index >= 15 is 0 Å². The topological polar surface area (TPSA) is 54.4 Å². The second-order valence-corrected chi connectivity index (χ2v) is 4.30. The van der Waals surface area contributed by atoms with Crippen LogP contribution in [-0.2, 0) is 0 Å². The lowest BCUT2D eigenvalue weighted by Crippen LogP contribution is -2.17. The van der Waals surface area contributed by atoms with Gasteiger partial charge in [0.05, 0.1) is 7.11 Å². The Labute approximate surface area is 107 Å². The molecule has 0 bridgehead atoms. The molecule has 1 aromatic carbocycles. The summed E-state index contributed by atoms with van der Waals surface area (Å²) in [5.41, 5.74) is 0. The highest BCUT2D eigenvalue weighted by Crippen LogP contribution is 2.25. The molecular weight excluding hydrogens is 228 g/mol. The van der Waals surface area contributed by atoms with Crippen LogP contribution >= 0.6 is 0 Å². The minimum absolute atomic E-state index is 0.173. The van der Waals surface area contributed by atoms with Gasteiger partial charge in [0.2, 0.25) is 0 Å². The lowest BCUT2D eigenvalue weighted by molar-refractivity contribution is 0.282. The fourth-order valence-electron chi connectivity index (χ4n) is 1.90. The molecule has 1 unspecified atom stereocenters. The van der Waals surface area contributed by atoms with Gasteiger partial charge in [-0.2, -0.15) is 0 Å². The third-order valence-corrected chi connectivity index (χ3v) is 2.92. The Balaban J connectivity index is 2.33. The van der Waals surface area contributed by atoms with E-state index in [9.17, 15) is 0 Å².